The molecule has 0 amide bonds. The summed E-state index contributed by atoms with van der Waals surface area (Å²) in [6.07, 6.45) is 3.83. The first-order valence-electron chi connectivity index (χ1n) is 6.73. The standard InChI is InChI=1S/C16H18N3OP/c1-19-7-6-12-8-13(10-18-16(12)19)11-4-5-14(17)15(9-11)21(2,3)20/h4-10H,17H2,1-3H3. The van der Waals surface area contributed by atoms with Crippen LogP contribution in [0.25, 0.3) is 22.2 Å². The van der Waals surface area contributed by atoms with E-state index in [0.717, 1.165) is 27.5 Å². The highest BCUT2D eigenvalue weighted by Gasteiger charge is 2.16. The summed E-state index contributed by atoms with van der Waals surface area (Å²) < 4.78 is 14.3. The number of fused-ring (bicyclic) bond motifs is 1. The van der Waals surface area contributed by atoms with Crippen LogP contribution in [0.15, 0.2) is 42.7 Å². The first-order chi connectivity index (χ1) is 9.86. The van der Waals surface area contributed by atoms with Gasteiger partial charge in [-0.25, -0.2) is 4.98 Å². The van der Waals surface area contributed by atoms with E-state index in [1.165, 1.54) is 0 Å². The highest BCUT2D eigenvalue weighted by atomic mass is 31.2. The van der Waals surface area contributed by atoms with Crippen LogP contribution in [0.4, 0.5) is 5.69 Å². The third-order valence-electron chi connectivity index (χ3n) is 3.65. The maximum atomic E-state index is 12.3. The molecule has 2 N–H and O–H groups in total. The summed E-state index contributed by atoms with van der Waals surface area (Å²) in [7, 11) is -0.424. The number of aryl methyl sites for hydroxylation is 1. The summed E-state index contributed by atoms with van der Waals surface area (Å²) in [5, 5.41) is 1.82. The number of benzene rings is 1. The Morgan fingerprint density at radius 3 is 2.62 bits per heavy atom. The first-order valence-corrected chi connectivity index (χ1v) is 9.33. The Morgan fingerprint density at radius 1 is 1.14 bits per heavy atom. The maximum absolute atomic E-state index is 12.3. The first kappa shape index (κ1) is 13.9. The lowest BCUT2D eigenvalue weighted by molar-refractivity contribution is 0.588. The van der Waals surface area contributed by atoms with Gasteiger partial charge < -0.3 is 14.9 Å². The summed E-state index contributed by atoms with van der Waals surface area (Å²) in [6.45, 7) is 3.47. The van der Waals surface area contributed by atoms with Crippen molar-refractivity contribution in [1.82, 2.24) is 9.55 Å². The number of nitrogens with zero attached hydrogens (tertiary/aromatic N) is 2. The molecule has 0 saturated heterocycles. The van der Waals surface area contributed by atoms with Crippen LogP contribution in [0.5, 0.6) is 0 Å². The van der Waals surface area contributed by atoms with Gasteiger partial charge >= 0.3 is 0 Å². The molecule has 3 aromatic rings. The molecule has 0 aliphatic carbocycles. The molecule has 0 aliphatic heterocycles. The molecule has 0 aliphatic rings. The maximum Gasteiger partial charge on any atom is 0.139 e. The molecule has 21 heavy (non-hydrogen) atoms. The van der Waals surface area contributed by atoms with Crippen molar-refractivity contribution in [3.63, 3.8) is 0 Å². The van der Waals surface area contributed by atoms with E-state index in [2.05, 4.69) is 11.1 Å². The Hall–Kier alpha value is -2.06. The number of hydrogen-bond donors (Lipinski definition) is 1. The quantitative estimate of drug-likeness (QED) is 0.584. The highest BCUT2D eigenvalue weighted by Crippen LogP contribution is 2.38. The van der Waals surface area contributed by atoms with Crippen molar-refractivity contribution in [3.8, 4) is 11.1 Å². The predicted molar refractivity (Wildman–Crippen MR) is 89.7 cm³/mol. The van der Waals surface area contributed by atoms with Crippen LogP contribution in [0, 0.1) is 0 Å². The van der Waals surface area contributed by atoms with Gasteiger partial charge in [-0.2, -0.15) is 0 Å². The van der Waals surface area contributed by atoms with Crippen LogP contribution in [0.2, 0.25) is 0 Å². The van der Waals surface area contributed by atoms with E-state index in [-0.39, 0.29) is 0 Å². The molecule has 0 saturated carbocycles. The molecule has 0 fully saturated rings. The summed E-state index contributed by atoms with van der Waals surface area (Å²) >= 11 is 0. The third-order valence-corrected chi connectivity index (χ3v) is 5.20. The summed E-state index contributed by atoms with van der Waals surface area (Å²) in [4.78, 5) is 4.49. The topological polar surface area (TPSA) is 60.9 Å². The van der Waals surface area contributed by atoms with E-state index in [1.807, 2.05) is 48.3 Å². The van der Waals surface area contributed by atoms with E-state index in [4.69, 9.17) is 5.73 Å². The molecule has 1 aromatic carbocycles. The lowest BCUT2D eigenvalue weighted by atomic mass is 10.1. The Balaban J connectivity index is 2.16. The molecule has 4 nitrogen and oxygen atoms in total. The van der Waals surface area contributed by atoms with Crippen molar-refractivity contribution in [2.24, 2.45) is 7.05 Å². The minimum atomic E-state index is -2.40. The number of anilines is 1. The van der Waals surface area contributed by atoms with Crippen molar-refractivity contribution < 1.29 is 4.57 Å². The number of rotatable bonds is 2. The smallest absolute Gasteiger partial charge is 0.139 e. The molecular formula is C16H18N3OP. The van der Waals surface area contributed by atoms with Gasteiger partial charge in [-0.05, 0) is 43.2 Å². The molecule has 5 heteroatoms. The SMILES string of the molecule is Cn1ccc2cc(-c3ccc(N)c(P(C)(C)=O)c3)cnc21. The summed E-state index contributed by atoms with van der Waals surface area (Å²) in [5.74, 6) is 0. The van der Waals surface area contributed by atoms with Crippen molar-refractivity contribution in [1.29, 1.82) is 0 Å². The van der Waals surface area contributed by atoms with Gasteiger partial charge in [-0.15, -0.1) is 0 Å². The second-order valence-corrected chi connectivity index (χ2v) is 8.87. The van der Waals surface area contributed by atoms with Crippen molar-refractivity contribution in [2.45, 2.75) is 0 Å². The van der Waals surface area contributed by atoms with Gasteiger partial charge in [0.1, 0.15) is 12.8 Å². The van der Waals surface area contributed by atoms with Gasteiger partial charge in [0.25, 0.3) is 0 Å². The van der Waals surface area contributed by atoms with Gasteiger partial charge in [0.05, 0.1) is 0 Å². The molecule has 0 unspecified atom stereocenters. The van der Waals surface area contributed by atoms with Crippen LogP contribution >= 0.6 is 7.14 Å². The van der Waals surface area contributed by atoms with E-state index >= 15 is 0 Å². The molecule has 108 valence electrons. The van der Waals surface area contributed by atoms with Crippen LogP contribution in [0.1, 0.15) is 0 Å². The highest BCUT2D eigenvalue weighted by molar-refractivity contribution is 7.70. The molecular weight excluding hydrogens is 281 g/mol. The van der Waals surface area contributed by atoms with E-state index in [0.29, 0.717) is 5.69 Å². The van der Waals surface area contributed by atoms with E-state index in [1.54, 1.807) is 13.3 Å². The monoisotopic (exact) mass is 299 g/mol. The molecule has 3 rings (SSSR count). The van der Waals surface area contributed by atoms with Crippen LogP contribution in [0.3, 0.4) is 0 Å². The van der Waals surface area contributed by atoms with E-state index in [9.17, 15) is 4.57 Å². The van der Waals surface area contributed by atoms with E-state index < -0.39 is 7.14 Å². The fraction of sp³-hybridized carbons (Fsp3) is 0.188. The number of hydrogen-bond acceptors (Lipinski definition) is 3. The molecule has 2 heterocycles. The molecule has 0 atom stereocenters. The minimum Gasteiger partial charge on any atom is -0.398 e. The summed E-state index contributed by atoms with van der Waals surface area (Å²) in [6, 6.07) is 9.81. The van der Waals surface area contributed by atoms with Crippen LogP contribution in [-0.2, 0) is 11.6 Å². The lowest BCUT2D eigenvalue weighted by Gasteiger charge is -2.12. The van der Waals surface area contributed by atoms with Crippen LogP contribution < -0.4 is 11.0 Å². The number of nitrogen functional groups attached to an aromatic ring is 1. The fourth-order valence-corrected chi connectivity index (χ4v) is 3.65. The second kappa shape index (κ2) is 4.74. The number of nitrogens with two attached hydrogens (primary N) is 1. The Morgan fingerprint density at radius 2 is 1.90 bits per heavy atom. The molecule has 0 spiro atoms. The lowest BCUT2D eigenvalue weighted by Crippen LogP contribution is -2.09. The summed E-state index contributed by atoms with van der Waals surface area (Å²) in [5.41, 5.74) is 9.48. The van der Waals surface area contributed by atoms with Gasteiger partial charge in [0.15, 0.2) is 0 Å². The zero-order valence-corrected chi connectivity index (χ0v) is 13.3. The average Bonchev–Trinajstić information content (AvgIpc) is 2.79. The average molecular weight is 299 g/mol. The largest absolute Gasteiger partial charge is 0.398 e. The van der Waals surface area contributed by atoms with Gasteiger partial charge in [-0.1, -0.05) is 6.07 Å². The zero-order chi connectivity index (χ0) is 15.2. The van der Waals surface area contributed by atoms with Gasteiger partial charge in [-0.3, -0.25) is 0 Å². The number of aromatic nitrogens is 2. The fourth-order valence-electron chi connectivity index (χ4n) is 2.50. The Kier molecular flexibility index (Phi) is 3.14. The third kappa shape index (κ3) is 2.47. The second-order valence-electron chi connectivity index (χ2n) is 5.69. The predicted octanol–water partition coefficient (Wildman–Crippen LogP) is 3.07. The number of pyridine rings is 1. The zero-order valence-electron chi connectivity index (χ0n) is 12.4. The van der Waals surface area contributed by atoms with Crippen molar-refractivity contribution in [2.75, 3.05) is 19.1 Å². The minimum absolute atomic E-state index is 0.584. The van der Waals surface area contributed by atoms with Gasteiger partial charge in [0.2, 0.25) is 0 Å². The Labute approximate surface area is 124 Å². The van der Waals surface area contributed by atoms with Gasteiger partial charge in [0, 0.05) is 41.4 Å². The Bertz CT molecular complexity index is 876. The van der Waals surface area contributed by atoms with Crippen molar-refractivity contribution >= 4 is 29.2 Å². The van der Waals surface area contributed by atoms with Crippen molar-refractivity contribution in [3.05, 3.63) is 42.7 Å². The van der Waals surface area contributed by atoms with Crippen LogP contribution in [-0.4, -0.2) is 22.9 Å². The molecule has 2 aromatic heterocycles. The normalized spacial score (nSPS) is 12.0. The molecule has 0 bridgehead atoms. The molecule has 0 radical (unpaired) electrons.